The average Bonchev–Trinajstić information content (AvgIpc) is 3.29. The van der Waals surface area contributed by atoms with Gasteiger partial charge in [0.15, 0.2) is 5.92 Å². The van der Waals surface area contributed by atoms with Crippen molar-refractivity contribution >= 4 is 17.7 Å². The van der Waals surface area contributed by atoms with Crippen LogP contribution in [0.25, 0.3) is 0 Å². The Labute approximate surface area is 223 Å². The molecule has 0 aliphatic carbocycles. The summed E-state index contributed by atoms with van der Waals surface area (Å²) >= 11 is 0. The smallest absolute Gasteiger partial charge is 0.402 e. The second-order valence-electron chi connectivity index (χ2n) is 9.98. The molecular weight excluding hydrogens is 515 g/mol. The summed E-state index contributed by atoms with van der Waals surface area (Å²) in [5, 5.41) is 0. The molecule has 2 unspecified atom stereocenters. The van der Waals surface area contributed by atoms with Crippen LogP contribution in [0.3, 0.4) is 0 Å². The number of alkyl halides is 3. The van der Waals surface area contributed by atoms with Gasteiger partial charge in [0.05, 0.1) is 6.04 Å². The highest BCUT2D eigenvalue weighted by atomic mass is 19.4. The molecule has 3 aliphatic heterocycles. The summed E-state index contributed by atoms with van der Waals surface area (Å²) in [4.78, 5) is 42.0. The van der Waals surface area contributed by atoms with E-state index in [0.717, 1.165) is 11.1 Å². The van der Waals surface area contributed by atoms with Gasteiger partial charge in [-0.3, -0.25) is 24.7 Å². The molecule has 39 heavy (non-hydrogen) atoms. The van der Waals surface area contributed by atoms with Crippen LogP contribution in [0, 0.1) is 5.92 Å². The molecule has 2 N–H and O–H groups in total. The number of carbonyl (C=O) groups excluding carboxylic acids is 3. The summed E-state index contributed by atoms with van der Waals surface area (Å²) in [5.74, 6) is -3.07. The van der Waals surface area contributed by atoms with Crippen molar-refractivity contribution in [2.45, 2.75) is 31.7 Å². The van der Waals surface area contributed by atoms with Crippen molar-refractivity contribution in [1.29, 1.82) is 0 Å². The molecule has 3 amide bonds. The lowest BCUT2D eigenvalue weighted by Crippen LogP contribution is -2.64. The summed E-state index contributed by atoms with van der Waals surface area (Å²) in [6.45, 7) is 3.53. The van der Waals surface area contributed by atoms with E-state index >= 15 is 0 Å². The van der Waals surface area contributed by atoms with E-state index in [1.807, 2.05) is 24.3 Å². The minimum atomic E-state index is -4.71. The number of nitrogens with zero attached hydrogens (tertiary/aromatic N) is 3. The van der Waals surface area contributed by atoms with Gasteiger partial charge in [-0.15, -0.1) is 0 Å². The maximum Gasteiger partial charge on any atom is 0.402 e. The molecule has 3 heterocycles. The lowest BCUT2D eigenvalue weighted by Gasteiger charge is -2.40. The first-order valence-corrected chi connectivity index (χ1v) is 12.8. The molecule has 3 aliphatic rings. The quantitative estimate of drug-likeness (QED) is 0.598. The Bertz CT molecular complexity index is 1250. The van der Waals surface area contributed by atoms with Gasteiger partial charge >= 0.3 is 6.18 Å². The molecule has 0 bridgehead atoms. The summed E-state index contributed by atoms with van der Waals surface area (Å²) in [6.07, 6.45) is -4.71. The predicted octanol–water partition coefficient (Wildman–Crippen LogP) is 2.11. The molecule has 208 valence electrons. The normalized spacial score (nSPS) is 23.8. The van der Waals surface area contributed by atoms with Crippen molar-refractivity contribution in [2.24, 2.45) is 5.92 Å². The molecule has 0 radical (unpaired) electrons. The van der Waals surface area contributed by atoms with Gasteiger partial charge in [0.2, 0.25) is 11.8 Å². The van der Waals surface area contributed by atoms with Gasteiger partial charge in [0.25, 0.3) is 5.91 Å². The summed E-state index contributed by atoms with van der Waals surface area (Å²) in [5.41, 5.74) is 6.87. The topological polar surface area (TPSA) is 94.2 Å². The minimum absolute atomic E-state index is 0.0220. The van der Waals surface area contributed by atoms with E-state index < -0.39 is 30.1 Å². The maximum absolute atomic E-state index is 13.9. The molecule has 2 saturated heterocycles. The number of fused-ring (bicyclic) bond motifs is 1. The molecule has 2 aromatic rings. The van der Waals surface area contributed by atoms with E-state index in [9.17, 15) is 27.6 Å². The van der Waals surface area contributed by atoms with Crippen molar-refractivity contribution in [1.82, 2.24) is 25.6 Å². The Morgan fingerprint density at radius 2 is 1.74 bits per heavy atom. The zero-order chi connectivity index (χ0) is 27.7. The molecule has 2 aromatic carbocycles. The third-order valence-electron chi connectivity index (χ3n) is 7.64. The first-order valence-electron chi connectivity index (χ1n) is 12.8. The Hall–Kier alpha value is -3.64. The van der Waals surface area contributed by atoms with Crippen LogP contribution in [0.1, 0.15) is 34.5 Å². The summed E-state index contributed by atoms with van der Waals surface area (Å²) < 4.78 is 47.9. The number of nitrogens with one attached hydrogen (secondary N) is 2. The SMILES string of the molecule is CC(=O)N1CCN(C(=O)c2cccc(OC[C@H]3c4ccccc4CN3C3CNNC(=O)C3C(F)(F)F)c2)CC1. The van der Waals surface area contributed by atoms with Gasteiger partial charge in [-0.25, -0.2) is 5.43 Å². The van der Waals surface area contributed by atoms with Crippen LogP contribution >= 0.6 is 0 Å². The Balaban J connectivity index is 1.32. The van der Waals surface area contributed by atoms with Crippen molar-refractivity contribution < 1.29 is 32.3 Å². The van der Waals surface area contributed by atoms with E-state index in [1.165, 1.54) is 6.92 Å². The standard InChI is InChI=1S/C27H30F3N5O4/c1-17(36)33-9-11-34(12-10-33)26(38)18-6-4-7-20(13-18)39-16-23-21-8-3-2-5-19(21)15-35(23)22-14-31-32-25(37)24(22)27(28,29)30/h2-8,13,22-24,31H,9-12,14-16H2,1H3,(H,32,37)/t22?,23-,24?/m0/s1. The molecule has 0 aromatic heterocycles. The van der Waals surface area contributed by atoms with Crippen LogP contribution in [0.2, 0.25) is 0 Å². The molecular formula is C27H30F3N5O4. The van der Waals surface area contributed by atoms with Gasteiger partial charge in [-0.1, -0.05) is 30.3 Å². The fraction of sp³-hybridized carbons (Fsp3) is 0.444. The number of hydrogen-bond acceptors (Lipinski definition) is 6. The Morgan fingerprint density at radius 3 is 2.46 bits per heavy atom. The van der Waals surface area contributed by atoms with Crippen LogP contribution in [0.15, 0.2) is 48.5 Å². The van der Waals surface area contributed by atoms with Crippen molar-refractivity contribution in [2.75, 3.05) is 39.3 Å². The number of carbonyl (C=O) groups is 3. The minimum Gasteiger partial charge on any atom is -0.492 e. The second-order valence-corrected chi connectivity index (χ2v) is 9.98. The molecule has 0 saturated carbocycles. The van der Waals surface area contributed by atoms with E-state index in [2.05, 4.69) is 10.9 Å². The van der Waals surface area contributed by atoms with E-state index in [4.69, 9.17) is 4.74 Å². The van der Waals surface area contributed by atoms with Crippen LogP contribution in [-0.4, -0.2) is 84.0 Å². The number of amides is 3. The highest BCUT2D eigenvalue weighted by Gasteiger charge is 2.55. The average molecular weight is 546 g/mol. The van der Waals surface area contributed by atoms with Gasteiger partial charge in [0, 0.05) is 57.8 Å². The van der Waals surface area contributed by atoms with Crippen LogP contribution in [0.4, 0.5) is 13.2 Å². The van der Waals surface area contributed by atoms with Gasteiger partial charge in [-0.05, 0) is 29.3 Å². The van der Waals surface area contributed by atoms with E-state index in [1.54, 1.807) is 39.0 Å². The predicted molar refractivity (Wildman–Crippen MR) is 134 cm³/mol. The highest BCUT2D eigenvalue weighted by molar-refractivity contribution is 5.94. The zero-order valence-corrected chi connectivity index (χ0v) is 21.4. The largest absolute Gasteiger partial charge is 0.492 e. The van der Waals surface area contributed by atoms with Crippen LogP contribution < -0.4 is 15.6 Å². The van der Waals surface area contributed by atoms with Gasteiger partial charge in [0.1, 0.15) is 12.4 Å². The molecule has 5 rings (SSSR count). The number of hydrogen-bond donors (Lipinski definition) is 2. The lowest BCUT2D eigenvalue weighted by molar-refractivity contribution is -0.202. The molecule has 3 atom stereocenters. The lowest BCUT2D eigenvalue weighted by atomic mass is 9.94. The van der Waals surface area contributed by atoms with E-state index in [-0.39, 0.29) is 31.5 Å². The second kappa shape index (κ2) is 10.9. The van der Waals surface area contributed by atoms with Crippen LogP contribution in [-0.2, 0) is 16.1 Å². The third-order valence-corrected chi connectivity index (χ3v) is 7.64. The number of benzene rings is 2. The Kier molecular flexibility index (Phi) is 7.50. The number of rotatable bonds is 5. The van der Waals surface area contributed by atoms with E-state index in [0.29, 0.717) is 37.5 Å². The van der Waals surface area contributed by atoms with Gasteiger partial charge in [-0.2, -0.15) is 13.2 Å². The van der Waals surface area contributed by atoms with Crippen molar-refractivity contribution in [3.05, 3.63) is 65.2 Å². The zero-order valence-electron chi connectivity index (χ0n) is 21.4. The fourth-order valence-electron chi connectivity index (χ4n) is 5.61. The first kappa shape index (κ1) is 26.9. The number of halogens is 3. The molecule has 12 heteroatoms. The monoisotopic (exact) mass is 545 g/mol. The van der Waals surface area contributed by atoms with Crippen molar-refractivity contribution in [3.63, 3.8) is 0 Å². The maximum atomic E-state index is 13.9. The van der Waals surface area contributed by atoms with Crippen molar-refractivity contribution in [3.8, 4) is 5.75 Å². The summed E-state index contributed by atoms with van der Waals surface area (Å²) in [7, 11) is 0. The summed E-state index contributed by atoms with van der Waals surface area (Å²) in [6, 6.07) is 12.4. The third kappa shape index (κ3) is 5.57. The number of ether oxygens (including phenoxy) is 1. The number of piperazine rings is 1. The Morgan fingerprint density at radius 1 is 1.03 bits per heavy atom. The molecule has 2 fully saturated rings. The number of hydrazine groups is 1. The first-order chi connectivity index (χ1) is 18.6. The molecule has 9 nitrogen and oxygen atoms in total. The highest BCUT2D eigenvalue weighted by Crippen LogP contribution is 2.41. The van der Waals surface area contributed by atoms with Crippen LogP contribution in [0.5, 0.6) is 5.75 Å². The fourth-order valence-corrected chi connectivity index (χ4v) is 5.61. The molecule has 0 spiro atoms. The van der Waals surface area contributed by atoms with Gasteiger partial charge < -0.3 is 14.5 Å².